The van der Waals surface area contributed by atoms with Crippen LogP contribution in [0.2, 0.25) is 0 Å². The Kier molecular flexibility index (Phi) is 5.55. The van der Waals surface area contributed by atoms with E-state index in [0.29, 0.717) is 12.6 Å². The SMILES string of the molecule is CC1CCCCCN1CCNCC(F)(F)F. The second kappa shape index (κ2) is 6.45. The lowest BCUT2D eigenvalue weighted by molar-refractivity contribution is -0.124. The van der Waals surface area contributed by atoms with Crippen LogP contribution in [0.15, 0.2) is 0 Å². The van der Waals surface area contributed by atoms with Crippen LogP contribution in [0.1, 0.15) is 32.6 Å². The Hall–Kier alpha value is -0.290. The summed E-state index contributed by atoms with van der Waals surface area (Å²) in [5.41, 5.74) is 0. The molecule has 0 bridgehead atoms. The molecule has 1 heterocycles. The third-order valence-electron chi connectivity index (χ3n) is 3.09. The van der Waals surface area contributed by atoms with Gasteiger partial charge in [0.1, 0.15) is 0 Å². The molecule has 0 saturated carbocycles. The van der Waals surface area contributed by atoms with E-state index in [-0.39, 0.29) is 0 Å². The number of rotatable bonds is 4. The van der Waals surface area contributed by atoms with Crippen molar-refractivity contribution in [3.05, 3.63) is 0 Å². The summed E-state index contributed by atoms with van der Waals surface area (Å²) >= 11 is 0. The van der Waals surface area contributed by atoms with Gasteiger partial charge in [-0.15, -0.1) is 0 Å². The van der Waals surface area contributed by atoms with Crippen molar-refractivity contribution in [1.82, 2.24) is 10.2 Å². The van der Waals surface area contributed by atoms with E-state index in [2.05, 4.69) is 17.1 Å². The fraction of sp³-hybridized carbons (Fsp3) is 1.00. The van der Waals surface area contributed by atoms with E-state index in [1.807, 2.05) is 0 Å². The summed E-state index contributed by atoms with van der Waals surface area (Å²) in [6.07, 6.45) is 0.734. The number of hydrogen-bond acceptors (Lipinski definition) is 2. The van der Waals surface area contributed by atoms with Crippen LogP contribution < -0.4 is 5.32 Å². The zero-order chi connectivity index (χ0) is 12.0. The molecule has 0 aliphatic carbocycles. The van der Waals surface area contributed by atoms with Crippen LogP contribution in [0.3, 0.4) is 0 Å². The molecular formula is C11H21F3N2. The molecule has 0 amide bonds. The third kappa shape index (κ3) is 5.70. The summed E-state index contributed by atoms with van der Waals surface area (Å²) in [5.74, 6) is 0. The van der Waals surface area contributed by atoms with E-state index >= 15 is 0 Å². The zero-order valence-corrected chi connectivity index (χ0v) is 9.82. The first-order chi connectivity index (χ1) is 7.49. The second-order valence-corrected chi connectivity index (χ2v) is 4.53. The molecule has 0 spiro atoms. The van der Waals surface area contributed by atoms with Gasteiger partial charge in [0.25, 0.3) is 0 Å². The summed E-state index contributed by atoms with van der Waals surface area (Å²) in [4.78, 5) is 2.29. The smallest absolute Gasteiger partial charge is 0.307 e. The molecule has 5 heteroatoms. The van der Waals surface area contributed by atoms with Crippen molar-refractivity contribution in [2.24, 2.45) is 0 Å². The highest BCUT2D eigenvalue weighted by Crippen LogP contribution is 2.15. The standard InChI is InChI=1S/C11H21F3N2/c1-10-5-3-2-4-7-16(10)8-6-15-9-11(12,13)14/h10,15H,2-9H2,1H3. The number of nitrogens with one attached hydrogen (secondary N) is 1. The average Bonchev–Trinajstić information content (AvgIpc) is 2.37. The van der Waals surface area contributed by atoms with Crippen molar-refractivity contribution >= 4 is 0 Å². The average molecular weight is 238 g/mol. The molecule has 1 atom stereocenters. The molecule has 0 radical (unpaired) electrons. The largest absolute Gasteiger partial charge is 0.401 e. The van der Waals surface area contributed by atoms with Gasteiger partial charge in [0.15, 0.2) is 0 Å². The number of alkyl halides is 3. The molecule has 0 aromatic rings. The van der Waals surface area contributed by atoms with Crippen LogP contribution >= 0.6 is 0 Å². The first-order valence-corrected chi connectivity index (χ1v) is 6.00. The van der Waals surface area contributed by atoms with E-state index in [9.17, 15) is 13.2 Å². The topological polar surface area (TPSA) is 15.3 Å². The van der Waals surface area contributed by atoms with E-state index in [4.69, 9.17) is 0 Å². The van der Waals surface area contributed by atoms with Gasteiger partial charge in [0.2, 0.25) is 0 Å². The molecule has 1 aliphatic rings. The molecule has 16 heavy (non-hydrogen) atoms. The monoisotopic (exact) mass is 238 g/mol. The van der Waals surface area contributed by atoms with Gasteiger partial charge in [-0.1, -0.05) is 12.8 Å². The van der Waals surface area contributed by atoms with E-state index in [1.165, 1.54) is 25.7 Å². The van der Waals surface area contributed by atoms with Crippen molar-refractivity contribution in [2.75, 3.05) is 26.2 Å². The molecule has 96 valence electrons. The maximum absolute atomic E-state index is 11.9. The molecule has 1 unspecified atom stereocenters. The molecule has 1 rings (SSSR count). The van der Waals surface area contributed by atoms with Gasteiger partial charge in [-0.2, -0.15) is 13.2 Å². The van der Waals surface area contributed by atoms with E-state index < -0.39 is 12.7 Å². The molecular weight excluding hydrogens is 217 g/mol. The summed E-state index contributed by atoms with van der Waals surface area (Å²) in [6, 6.07) is 0.509. The van der Waals surface area contributed by atoms with Crippen LogP contribution in [0, 0.1) is 0 Å². The minimum Gasteiger partial charge on any atom is -0.307 e. The van der Waals surface area contributed by atoms with Crippen LogP contribution in [0.25, 0.3) is 0 Å². The zero-order valence-electron chi connectivity index (χ0n) is 9.82. The third-order valence-corrected chi connectivity index (χ3v) is 3.09. The number of nitrogens with zero attached hydrogens (tertiary/aromatic N) is 1. The minimum absolute atomic E-state index is 0.420. The predicted molar refractivity (Wildman–Crippen MR) is 58.4 cm³/mol. The first-order valence-electron chi connectivity index (χ1n) is 6.00. The number of halogens is 3. The van der Waals surface area contributed by atoms with Gasteiger partial charge in [0.05, 0.1) is 6.54 Å². The van der Waals surface area contributed by atoms with Crippen LogP contribution in [0.4, 0.5) is 13.2 Å². The molecule has 1 saturated heterocycles. The van der Waals surface area contributed by atoms with Crippen LogP contribution in [0.5, 0.6) is 0 Å². The number of hydrogen-bond donors (Lipinski definition) is 1. The van der Waals surface area contributed by atoms with Crippen molar-refractivity contribution in [1.29, 1.82) is 0 Å². The first kappa shape index (κ1) is 13.8. The summed E-state index contributed by atoms with van der Waals surface area (Å²) in [6.45, 7) is 3.44. The van der Waals surface area contributed by atoms with Crippen molar-refractivity contribution < 1.29 is 13.2 Å². The highest BCUT2D eigenvalue weighted by atomic mass is 19.4. The normalized spacial score (nSPS) is 24.4. The second-order valence-electron chi connectivity index (χ2n) is 4.53. The molecule has 1 aliphatic heterocycles. The molecule has 2 nitrogen and oxygen atoms in total. The Bertz CT molecular complexity index is 194. The van der Waals surface area contributed by atoms with E-state index in [1.54, 1.807) is 0 Å². The van der Waals surface area contributed by atoms with Gasteiger partial charge in [-0.3, -0.25) is 4.90 Å². The Balaban J connectivity index is 2.15. The Labute approximate surface area is 95.2 Å². The van der Waals surface area contributed by atoms with Gasteiger partial charge < -0.3 is 5.32 Å². The summed E-state index contributed by atoms with van der Waals surface area (Å²) in [7, 11) is 0. The Morgan fingerprint density at radius 1 is 1.25 bits per heavy atom. The van der Waals surface area contributed by atoms with E-state index in [0.717, 1.165) is 13.1 Å². The summed E-state index contributed by atoms with van der Waals surface area (Å²) < 4.78 is 35.7. The van der Waals surface area contributed by atoms with Crippen molar-refractivity contribution in [3.63, 3.8) is 0 Å². The van der Waals surface area contributed by atoms with Gasteiger partial charge in [-0.25, -0.2) is 0 Å². The predicted octanol–water partition coefficient (Wildman–Crippen LogP) is 2.40. The maximum Gasteiger partial charge on any atom is 0.401 e. The van der Waals surface area contributed by atoms with Crippen LogP contribution in [-0.4, -0.2) is 43.3 Å². The number of likely N-dealkylation sites (tertiary alicyclic amines) is 1. The lowest BCUT2D eigenvalue weighted by atomic mass is 10.1. The van der Waals surface area contributed by atoms with Gasteiger partial charge >= 0.3 is 6.18 Å². The highest BCUT2D eigenvalue weighted by Gasteiger charge is 2.26. The fourth-order valence-corrected chi connectivity index (χ4v) is 2.12. The lowest BCUT2D eigenvalue weighted by Crippen LogP contribution is -2.40. The molecule has 1 N–H and O–H groups in total. The molecule has 0 aromatic carbocycles. The highest BCUT2D eigenvalue weighted by molar-refractivity contribution is 4.72. The molecule has 0 aromatic heterocycles. The fourth-order valence-electron chi connectivity index (χ4n) is 2.12. The van der Waals surface area contributed by atoms with Crippen molar-refractivity contribution in [3.8, 4) is 0 Å². The van der Waals surface area contributed by atoms with Gasteiger partial charge in [0, 0.05) is 19.1 Å². The Morgan fingerprint density at radius 2 is 2.00 bits per heavy atom. The van der Waals surface area contributed by atoms with Gasteiger partial charge in [-0.05, 0) is 26.3 Å². The lowest BCUT2D eigenvalue weighted by Gasteiger charge is -2.26. The maximum atomic E-state index is 11.9. The van der Waals surface area contributed by atoms with Crippen molar-refractivity contribution in [2.45, 2.75) is 44.8 Å². The van der Waals surface area contributed by atoms with Crippen LogP contribution in [-0.2, 0) is 0 Å². The Morgan fingerprint density at radius 3 is 2.69 bits per heavy atom. The quantitative estimate of drug-likeness (QED) is 0.757. The summed E-state index contributed by atoms with van der Waals surface area (Å²) in [5, 5.41) is 2.45. The molecule has 1 fully saturated rings. The minimum atomic E-state index is -4.09.